The molecular weight excluding hydrogens is 370 g/mol. The van der Waals surface area contributed by atoms with E-state index in [0.29, 0.717) is 23.5 Å². The minimum Gasteiger partial charge on any atom is -0.409 e. The van der Waals surface area contributed by atoms with Gasteiger partial charge in [0.1, 0.15) is 17.8 Å². The van der Waals surface area contributed by atoms with Gasteiger partial charge in [0, 0.05) is 19.7 Å². The van der Waals surface area contributed by atoms with Crippen LogP contribution < -0.4 is 10.4 Å². The third kappa shape index (κ3) is 4.49. The maximum Gasteiger partial charge on any atom is 0.297 e. The van der Waals surface area contributed by atoms with Gasteiger partial charge in [-0.15, -0.1) is 4.73 Å². The zero-order valence-corrected chi connectivity index (χ0v) is 16.8. The van der Waals surface area contributed by atoms with Gasteiger partial charge in [-0.1, -0.05) is 18.2 Å². The Morgan fingerprint density at radius 1 is 1.14 bits per heavy atom. The Labute approximate surface area is 169 Å². The van der Waals surface area contributed by atoms with Crippen LogP contribution in [0.5, 0.6) is 0 Å². The lowest BCUT2D eigenvalue weighted by Crippen LogP contribution is -2.31. The zero-order chi connectivity index (χ0) is 20.1. The van der Waals surface area contributed by atoms with E-state index in [1.54, 1.807) is 17.8 Å². The lowest BCUT2D eigenvalue weighted by molar-refractivity contribution is 0.0900. The SMILES string of the molecule is Cc1nc2c(cnn2-c2ccccc2)c(=O)n1OCCCCN1CCCOCC1. The van der Waals surface area contributed by atoms with Crippen LogP contribution in [0.2, 0.25) is 0 Å². The maximum atomic E-state index is 12.9. The molecule has 29 heavy (non-hydrogen) atoms. The van der Waals surface area contributed by atoms with E-state index in [0.717, 1.165) is 57.8 Å². The molecule has 0 spiro atoms. The van der Waals surface area contributed by atoms with Crippen LogP contribution in [0.25, 0.3) is 16.7 Å². The van der Waals surface area contributed by atoms with Crippen LogP contribution in [-0.2, 0) is 4.74 Å². The average molecular weight is 397 g/mol. The summed E-state index contributed by atoms with van der Waals surface area (Å²) in [6, 6.07) is 9.66. The van der Waals surface area contributed by atoms with Crippen LogP contribution in [-0.4, -0.2) is 63.8 Å². The van der Waals surface area contributed by atoms with Gasteiger partial charge in [-0.25, -0.2) is 9.67 Å². The Kier molecular flexibility index (Phi) is 6.21. The molecule has 0 amide bonds. The second kappa shape index (κ2) is 9.19. The van der Waals surface area contributed by atoms with Crippen molar-refractivity contribution in [1.82, 2.24) is 24.4 Å². The molecular formula is C21H27N5O3. The van der Waals surface area contributed by atoms with E-state index < -0.39 is 0 Å². The molecule has 0 unspecified atom stereocenters. The second-order valence-electron chi connectivity index (χ2n) is 7.24. The van der Waals surface area contributed by atoms with Gasteiger partial charge in [0.25, 0.3) is 5.56 Å². The van der Waals surface area contributed by atoms with E-state index >= 15 is 0 Å². The van der Waals surface area contributed by atoms with Crippen molar-refractivity contribution in [2.75, 3.05) is 39.5 Å². The molecule has 0 aliphatic carbocycles. The predicted octanol–water partition coefficient (Wildman–Crippen LogP) is 1.82. The van der Waals surface area contributed by atoms with Crippen LogP contribution >= 0.6 is 0 Å². The van der Waals surface area contributed by atoms with E-state index in [2.05, 4.69) is 15.0 Å². The lowest BCUT2D eigenvalue weighted by atomic mass is 10.3. The van der Waals surface area contributed by atoms with Gasteiger partial charge in [0.05, 0.1) is 18.5 Å². The number of unbranched alkanes of at least 4 members (excludes halogenated alkanes) is 1. The molecule has 0 N–H and O–H groups in total. The van der Waals surface area contributed by atoms with Gasteiger partial charge in [-0.05, 0) is 44.9 Å². The Hall–Kier alpha value is -2.71. The topological polar surface area (TPSA) is 74.4 Å². The number of para-hydroxylation sites is 1. The highest BCUT2D eigenvalue weighted by atomic mass is 16.7. The summed E-state index contributed by atoms with van der Waals surface area (Å²) in [6.07, 6.45) is 4.55. The Bertz CT molecular complexity index is 991. The molecule has 0 saturated carbocycles. The molecule has 0 radical (unpaired) electrons. The minimum absolute atomic E-state index is 0.223. The summed E-state index contributed by atoms with van der Waals surface area (Å²) >= 11 is 0. The summed E-state index contributed by atoms with van der Waals surface area (Å²) < 4.78 is 8.45. The zero-order valence-electron chi connectivity index (χ0n) is 16.8. The fraction of sp³-hybridized carbons (Fsp3) is 0.476. The fourth-order valence-electron chi connectivity index (χ4n) is 3.58. The second-order valence-corrected chi connectivity index (χ2v) is 7.24. The first-order chi connectivity index (χ1) is 14.2. The van der Waals surface area contributed by atoms with Gasteiger partial charge < -0.3 is 14.5 Å². The number of hydrogen-bond donors (Lipinski definition) is 0. The van der Waals surface area contributed by atoms with Crippen LogP contribution in [0.3, 0.4) is 0 Å². The van der Waals surface area contributed by atoms with E-state index in [-0.39, 0.29) is 5.56 Å². The highest BCUT2D eigenvalue weighted by molar-refractivity contribution is 5.75. The summed E-state index contributed by atoms with van der Waals surface area (Å²) in [5.74, 6) is 0.518. The van der Waals surface area contributed by atoms with E-state index in [9.17, 15) is 4.79 Å². The van der Waals surface area contributed by atoms with Crippen LogP contribution in [0.4, 0.5) is 0 Å². The highest BCUT2D eigenvalue weighted by Gasteiger charge is 2.15. The largest absolute Gasteiger partial charge is 0.409 e. The molecule has 3 aromatic rings. The van der Waals surface area contributed by atoms with E-state index in [1.165, 1.54) is 4.73 Å². The third-order valence-electron chi connectivity index (χ3n) is 5.13. The molecule has 1 fully saturated rings. The van der Waals surface area contributed by atoms with Crippen LogP contribution in [0.1, 0.15) is 25.1 Å². The summed E-state index contributed by atoms with van der Waals surface area (Å²) in [6.45, 7) is 7.04. The molecule has 8 heteroatoms. The molecule has 1 saturated heterocycles. The van der Waals surface area contributed by atoms with Crippen molar-refractivity contribution in [2.24, 2.45) is 0 Å². The fourth-order valence-corrected chi connectivity index (χ4v) is 3.58. The van der Waals surface area contributed by atoms with Crippen molar-refractivity contribution in [3.05, 3.63) is 52.7 Å². The number of benzene rings is 1. The van der Waals surface area contributed by atoms with Gasteiger partial charge in [-0.3, -0.25) is 4.79 Å². The number of nitrogens with zero attached hydrogens (tertiary/aromatic N) is 5. The first-order valence-corrected chi connectivity index (χ1v) is 10.2. The number of aryl methyl sites for hydroxylation is 1. The number of aromatic nitrogens is 4. The van der Waals surface area contributed by atoms with Gasteiger partial charge in [0.15, 0.2) is 5.65 Å². The third-order valence-corrected chi connectivity index (χ3v) is 5.13. The van der Waals surface area contributed by atoms with Crippen molar-refractivity contribution in [3.63, 3.8) is 0 Å². The normalized spacial score (nSPS) is 15.5. The Morgan fingerprint density at radius 2 is 2.00 bits per heavy atom. The van der Waals surface area contributed by atoms with Crippen molar-refractivity contribution in [1.29, 1.82) is 0 Å². The maximum absolute atomic E-state index is 12.9. The summed E-state index contributed by atoms with van der Waals surface area (Å²) in [7, 11) is 0. The first-order valence-electron chi connectivity index (χ1n) is 10.2. The van der Waals surface area contributed by atoms with Crippen molar-refractivity contribution >= 4 is 11.0 Å². The van der Waals surface area contributed by atoms with Crippen molar-refractivity contribution in [2.45, 2.75) is 26.2 Å². The summed E-state index contributed by atoms with van der Waals surface area (Å²) in [5, 5.41) is 4.80. The van der Waals surface area contributed by atoms with Crippen LogP contribution in [0.15, 0.2) is 41.3 Å². The molecule has 3 heterocycles. The van der Waals surface area contributed by atoms with E-state index in [1.807, 2.05) is 30.3 Å². The predicted molar refractivity (Wildman–Crippen MR) is 110 cm³/mol. The standard InChI is InChI=1S/C21H27N5O3/c1-17-23-20-19(16-22-25(20)18-8-3-2-4-9-18)21(27)26(17)29-14-6-5-10-24-11-7-13-28-15-12-24/h2-4,8-9,16H,5-7,10-15H2,1H3. The quantitative estimate of drug-likeness (QED) is 0.566. The van der Waals surface area contributed by atoms with E-state index in [4.69, 9.17) is 9.57 Å². The van der Waals surface area contributed by atoms with Crippen molar-refractivity contribution < 1.29 is 9.57 Å². The number of fused-ring (bicyclic) bond motifs is 1. The number of hydrogen-bond acceptors (Lipinski definition) is 6. The molecule has 2 aromatic heterocycles. The average Bonchev–Trinajstić information content (AvgIpc) is 2.98. The summed E-state index contributed by atoms with van der Waals surface area (Å²) in [5.41, 5.74) is 1.19. The first kappa shape index (κ1) is 19.6. The van der Waals surface area contributed by atoms with Gasteiger partial charge >= 0.3 is 0 Å². The molecule has 8 nitrogen and oxygen atoms in total. The monoisotopic (exact) mass is 397 g/mol. The summed E-state index contributed by atoms with van der Waals surface area (Å²) in [4.78, 5) is 25.6. The molecule has 0 bridgehead atoms. The minimum atomic E-state index is -0.223. The Morgan fingerprint density at radius 3 is 2.86 bits per heavy atom. The molecule has 1 aliphatic rings. The van der Waals surface area contributed by atoms with Crippen LogP contribution in [0, 0.1) is 6.92 Å². The Balaban J connectivity index is 1.40. The molecule has 154 valence electrons. The highest BCUT2D eigenvalue weighted by Crippen LogP contribution is 2.14. The molecule has 0 atom stereocenters. The number of ether oxygens (including phenoxy) is 1. The number of rotatable bonds is 7. The molecule has 1 aliphatic heterocycles. The lowest BCUT2D eigenvalue weighted by Gasteiger charge is -2.18. The molecule has 1 aromatic carbocycles. The van der Waals surface area contributed by atoms with Crippen molar-refractivity contribution in [3.8, 4) is 5.69 Å². The smallest absolute Gasteiger partial charge is 0.297 e. The molecule has 4 rings (SSSR count). The van der Waals surface area contributed by atoms with Gasteiger partial charge in [-0.2, -0.15) is 5.10 Å². The van der Waals surface area contributed by atoms with Gasteiger partial charge in [0.2, 0.25) is 0 Å².